The first kappa shape index (κ1) is 21.1. The van der Waals surface area contributed by atoms with Crippen molar-refractivity contribution in [2.24, 2.45) is 0 Å². The molecule has 0 saturated carbocycles. The number of pyridine rings is 1. The third kappa shape index (κ3) is 4.28. The molecule has 1 aliphatic heterocycles. The molecule has 1 saturated heterocycles. The summed E-state index contributed by atoms with van der Waals surface area (Å²) < 4.78 is 13.7. The third-order valence-electron chi connectivity index (χ3n) is 6.19. The molecule has 4 heterocycles. The van der Waals surface area contributed by atoms with Gasteiger partial charge in [0.05, 0.1) is 5.69 Å². The Bertz CT molecular complexity index is 1320. The first-order chi connectivity index (χ1) is 16.0. The molecule has 3 aromatic heterocycles. The van der Waals surface area contributed by atoms with Crippen LogP contribution in [0.4, 0.5) is 16.2 Å². The van der Waals surface area contributed by atoms with E-state index in [4.69, 9.17) is 4.98 Å². The summed E-state index contributed by atoms with van der Waals surface area (Å²) in [5.74, 6) is 0.907. The Morgan fingerprint density at radius 3 is 2.88 bits per heavy atom. The van der Waals surface area contributed by atoms with Gasteiger partial charge in [0.15, 0.2) is 0 Å². The number of halogens is 1. The second-order valence-electron chi connectivity index (χ2n) is 8.56. The van der Waals surface area contributed by atoms with Gasteiger partial charge in [0.2, 0.25) is 5.95 Å². The number of piperidine rings is 1. The van der Waals surface area contributed by atoms with Crippen LogP contribution in [0.25, 0.3) is 10.9 Å². The van der Waals surface area contributed by atoms with E-state index in [0.29, 0.717) is 30.5 Å². The molecule has 33 heavy (non-hydrogen) atoms. The maximum Gasteiger partial charge on any atom is 0.270 e. The molecule has 1 atom stereocenters. The molecule has 0 unspecified atom stereocenters. The van der Waals surface area contributed by atoms with Gasteiger partial charge >= 0.3 is 0 Å². The molecule has 5 rings (SSSR count). The molecule has 1 amide bonds. The standard InChI is InChI=1S/C25H25FN6O/c1-15-5-8-22(28-13-15)31-25-27-10-9-20(30-25)17-4-3-11-32(14-17)24(33)23-16(2)19-12-18(26)6-7-21(19)29-23/h5-10,12-13,17,29H,3-4,11,14H2,1-2H3,(H,27,28,30,31)/t17-/m0/s1. The van der Waals surface area contributed by atoms with Crippen molar-refractivity contribution in [3.63, 3.8) is 0 Å². The van der Waals surface area contributed by atoms with Crippen LogP contribution in [0.1, 0.15) is 46.1 Å². The lowest BCUT2D eigenvalue weighted by Gasteiger charge is -2.32. The third-order valence-corrected chi connectivity index (χ3v) is 6.19. The molecule has 0 bridgehead atoms. The lowest BCUT2D eigenvalue weighted by Crippen LogP contribution is -2.39. The summed E-state index contributed by atoms with van der Waals surface area (Å²) in [6.45, 7) is 5.09. The Morgan fingerprint density at radius 2 is 2.06 bits per heavy atom. The van der Waals surface area contributed by atoms with Gasteiger partial charge in [-0.3, -0.25) is 4.79 Å². The highest BCUT2D eigenvalue weighted by Gasteiger charge is 2.28. The number of aromatic nitrogens is 4. The van der Waals surface area contributed by atoms with Crippen LogP contribution in [-0.2, 0) is 0 Å². The van der Waals surface area contributed by atoms with E-state index >= 15 is 0 Å². The lowest BCUT2D eigenvalue weighted by molar-refractivity contribution is 0.0700. The highest BCUT2D eigenvalue weighted by Crippen LogP contribution is 2.29. The molecular formula is C25H25FN6O. The Labute approximate surface area is 191 Å². The van der Waals surface area contributed by atoms with E-state index < -0.39 is 0 Å². The normalized spacial score (nSPS) is 16.2. The van der Waals surface area contributed by atoms with E-state index in [1.54, 1.807) is 18.5 Å². The maximum absolute atomic E-state index is 13.7. The number of amides is 1. The summed E-state index contributed by atoms with van der Waals surface area (Å²) in [4.78, 5) is 31.7. The van der Waals surface area contributed by atoms with Gasteiger partial charge in [0, 0.05) is 42.3 Å². The number of fused-ring (bicyclic) bond motifs is 1. The summed E-state index contributed by atoms with van der Waals surface area (Å²) >= 11 is 0. The first-order valence-electron chi connectivity index (χ1n) is 11.1. The number of nitrogens with one attached hydrogen (secondary N) is 2. The van der Waals surface area contributed by atoms with Crippen molar-refractivity contribution in [2.45, 2.75) is 32.6 Å². The van der Waals surface area contributed by atoms with E-state index in [-0.39, 0.29) is 17.6 Å². The van der Waals surface area contributed by atoms with Gasteiger partial charge < -0.3 is 15.2 Å². The van der Waals surface area contributed by atoms with Gasteiger partial charge in [0.25, 0.3) is 5.91 Å². The van der Waals surface area contributed by atoms with Crippen LogP contribution < -0.4 is 5.32 Å². The average molecular weight is 445 g/mol. The zero-order valence-electron chi connectivity index (χ0n) is 18.6. The molecular weight excluding hydrogens is 419 g/mol. The van der Waals surface area contributed by atoms with Crippen molar-refractivity contribution < 1.29 is 9.18 Å². The number of aryl methyl sites for hydroxylation is 2. The zero-order chi connectivity index (χ0) is 22.9. The number of carbonyl (C=O) groups is 1. The lowest BCUT2D eigenvalue weighted by atomic mass is 9.94. The molecule has 0 radical (unpaired) electrons. The summed E-state index contributed by atoms with van der Waals surface area (Å²) in [5.41, 5.74) is 4.04. The largest absolute Gasteiger partial charge is 0.350 e. The average Bonchev–Trinajstić information content (AvgIpc) is 3.16. The molecule has 4 aromatic rings. The Balaban J connectivity index is 1.34. The molecule has 0 spiro atoms. The van der Waals surface area contributed by atoms with Gasteiger partial charge in [-0.25, -0.2) is 19.3 Å². The van der Waals surface area contributed by atoms with Crippen molar-refractivity contribution in [1.29, 1.82) is 0 Å². The molecule has 168 valence electrons. The van der Waals surface area contributed by atoms with E-state index in [9.17, 15) is 9.18 Å². The molecule has 8 heteroatoms. The topological polar surface area (TPSA) is 86.8 Å². The Morgan fingerprint density at radius 1 is 1.18 bits per heavy atom. The fourth-order valence-corrected chi connectivity index (χ4v) is 4.39. The molecule has 1 aliphatic rings. The van der Waals surface area contributed by atoms with Gasteiger partial charge in [-0.15, -0.1) is 0 Å². The predicted octanol–water partition coefficient (Wildman–Crippen LogP) is 4.87. The number of likely N-dealkylation sites (tertiary alicyclic amines) is 1. The van der Waals surface area contributed by atoms with Crippen LogP contribution in [0, 0.1) is 19.7 Å². The quantitative estimate of drug-likeness (QED) is 0.469. The maximum atomic E-state index is 13.7. The summed E-state index contributed by atoms with van der Waals surface area (Å²) in [6.07, 6.45) is 5.35. The number of hydrogen-bond donors (Lipinski definition) is 2. The van der Waals surface area contributed by atoms with E-state index in [0.717, 1.165) is 40.6 Å². The Kier molecular flexibility index (Phi) is 5.50. The van der Waals surface area contributed by atoms with E-state index in [1.165, 1.54) is 12.1 Å². The van der Waals surface area contributed by atoms with Crippen molar-refractivity contribution in [3.05, 3.63) is 77.1 Å². The second-order valence-corrected chi connectivity index (χ2v) is 8.56. The highest BCUT2D eigenvalue weighted by molar-refractivity contribution is 6.01. The number of H-pyrrole nitrogens is 1. The number of nitrogens with zero attached hydrogens (tertiary/aromatic N) is 4. The van der Waals surface area contributed by atoms with Crippen LogP contribution in [0.5, 0.6) is 0 Å². The SMILES string of the molecule is Cc1ccc(Nc2nccc([C@H]3CCCN(C(=O)c4[nH]c5ccc(F)cc5c4C)C3)n2)nc1. The van der Waals surface area contributed by atoms with Crippen molar-refractivity contribution in [3.8, 4) is 0 Å². The number of benzene rings is 1. The smallest absolute Gasteiger partial charge is 0.270 e. The summed E-state index contributed by atoms with van der Waals surface area (Å²) in [7, 11) is 0. The minimum absolute atomic E-state index is 0.0648. The molecule has 0 aliphatic carbocycles. The number of hydrogen-bond acceptors (Lipinski definition) is 5. The molecule has 1 aromatic carbocycles. The predicted molar refractivity (Wildman–Crippen MR) is 125 cm³/mol. The van der Waals surface area contributed by atoms with Gasteiger partial charge in [-0.1, -0.05) is 6.07 Å². The van der Waals surface area contributed by atoms with Crippen LogP contribution in [0.3, 0.4) is 0 Å². The number of aromatic amines is 1. The van der Waals surface area contributed by atoms with E-state index in [2.05, 4.69) is 20.3 Å². The van der Waals surface area contributed by atoms with Gasteiger partial charge in [-0.2, -0.15) is 0 Å². The fraction of sp³-hybridized carbons (Fsp3) is 0.280. The van der Waals surface area contributed by atoms with Crippen molar-refractivity contribution in [1.82, 2.24) is 24.8 Å². The summed E-state index contributed by atoms with van der Waals surface area (Å²) in [6, 6.07) is 10.3. The first-order valence-corrected chi connectivity index (χ1v) is 11.1. The van der Waals surface area contributed by atoms with Crippen LogP contribution in [0.2, 0.25) is 0 Å². The van der Waals surface area contributed by atoms with Crippen LogP contribution >= 0.6 is 0 Å². The fourth-order valence-electron chi connectivity index (χ4n) is 4.39. The minimum Gasteiger partial charge on any atom is -0.350 e. The number of rotatable bonds is 4. The monoisotopic (exact) mass is 444 g/mol. The number of anilines is 2. The number of carbonyl (C=O) groups excluding carboxylic acids is 1. The second kappa shape index (κ2) is 8.61. The summed E-state index contributed by atoms with van der Waals surface area (Å²) in [5, 5.41) is 3.89. The Hall–Kier alpha value is -3.81. The zero-order valence-corrected chi connectivity index (χ0v) is 18.6. The molecule has 2 N–H and O–H groups in total. The van der Waals surface area contributed by atoms with Crippen LogP contribution in [-0.4, -0.2) is 43.8 Å². The van der Waals surface area contributed by atoms with Crippen LogP contribution in [0.15, 0.2) is 48.8 Å². The highest BCUT2D eigenvalue weighted by atomic mass is 19.1. The minimum atomic E-state index is -0.310. The van der Waals surface area contributed by atoms with Crippen molar-refractivity contribution >= 4 is 28.6 Å². The van der Waals surface area contributed by atoms with Gasteiger partial charge in [0.1, 0.15) is 17.3 Å². The van der Waals surface area contributed by atoms with Crippen molar-refractivity contribution in [2.75, 3.05) is 18.4 Å². The molecule has 7 nitrogen and oxygen atoms in total. The molecule has 1 fully saturated rings. The van der Waals surface area contributed by atoms with E-state index in [1.807, 2.05) is 36.9 Å². The van der Waals surface area contributed by atoms with Gasteiger partial charge in [-0.05, 0) is 68.1 Å².